The van der Waals surface area contributed by atoms with Gasteiger partial charge >= 0.3 is 5.82 Å². The third-order valence-corrected chi connectivity index (χ3v) is 1.03. The molecule has 1 aromatic rings. The SMILES string of the molecule is Cn1c[c]cc1[N+](=O)[O-]. The molecule has 1 rings (SSSR count). The van der Waals surface area contributed by atoms with Crippen LogP contribution < -0.4 is 0 Å². The summed E-state index contributed by atoms with van der Waals surface area (Å²) in [4.78, 5) is 9.60. The molecule has 4 nitrogen and oxygen atoms in total. The third-order valence-electron chi connectivity index (χ3n) is 1.03. The summed E-state index contributed by atoms with van der Waals surface area (Å²) >= 11 is 0. The second kappa shape index (κ2) is 1.89. The van der Waals surface area contributed by atoms with Gasteiger partial charge in [-0.3, -0.25) is 0 Å². The van der Waals surface area contributed by atoms with E-state index in [1.807, 2.05) is 0 Å². The Bertz CT molecular complexity index is 229. The van der Waals surface area contributed by atoms with E-state index >= 15 is 0 Å². The topological polar surface area (TPSA) is 48.1 Å². The maximum atomic E-state index is 10.0. The Morgan fingerprint density at radius 1 is 1.89 bits per heavy atom. The summed E-state index contributed by atoms with van der Waals surface area (Å²) in [5, 5.41) is 10.0. The Hall–Kier alpha value is -1.32. The predicted molar refractivity (Wildman–Crippen MR) is 30.9 cm³/mol. The normalized spacial score (nSPS) is 9.44. The smallest absolute Gasteiger partial charge is 0.323 e. The molecular weight excluding hydrogens is 120 g/mol. The fourth-order valence-corrected chi connectivity index (χ4v) is 0.573. The number of aryl methyl sites for hydroxylation is 1. The molecule has 0 spiro atoms. The highest BCUT2D eigenvalue weighted by Gasteiger charge is 2.05. The van der Waals surface area contributed by atoms with Crippen molar-refractivity contribution >= 4 is 5.82 Å². The quantitative estimate of drug-likeness (QED) is 0.410. The average molecular weight is 125 g/mol. The summed E-state index contributed by atoms with van der Waals surface area (Å²) in [7, 11) is 1.61. The number of nitrogens with zero attached hydrogens (tertiary/aromatic N) is 2. The minimum absolute atomic E-state index is 0.0648. The van der Waals surface area contributed by atoms with Gasteiger partial charge in [-0.05, 0) is 4.92 Å². The van der Waals surface area contributed by atoms with E-state index in [0.717, 1.165) is 0 Å². The Morgan fingerprint density at radius 3 is 2.78 bits per heavy atom. The van der Waals surface area contributed by atoms with Crippen molar-refractivity contribution < 1.29 is 4.92 Å². The van der Waals surface area contributed by atoms with Crippen molar-refractivity contribution in [2.24, 2.45) is 7.05 Å². The van der Waals surface area contributed by atoms with Crippen LogP contribution in [0.25, 0.3) is 0 Å². The second-order valence-electron chi connectivity index (χ2n) is 1.67. The van der Waals surface area contributed by atoms with Gasteiger partial charge in [-0.2, -0.15) is 0 Å². The molecule has 0 aliphatic heterocycles. The minimum Gasteiger partial charge on any atom is -0.358 e. The maximum Gasteiger partial charge on any atom is 0.323 e. The molecule has 47 valence electrons. The molecule has 0 atom stereocenters. The van der Waals surface area contributed by atoms with Crippen molar-refractivity contribution in [3.63, 3.8) is 0 Å². The van der Waals surface area contributed by atoms with E-state index in [2.05, 4.69) is 6.07 Å². The summed E-state index contributed by atoms with van der Waals surface area (Å²) in [6, 6.07) is 3.93. The molecule has 0 aliphatic carbocycles. The average Bonchev–Trinajstić information content (AvgIpc) is 2.13. The molecule has 1 aromatic heterocycles. The van der Waals surface area contributed by atoms with Crippen LogP contribution in [0, 0.1) is 16.2 Å². The van der Waals surface area contributed by atoms with Crippen LogP contribution in [0.15, 0.2) is 12.3 Å². The van der Waals surface area contributed by atoms with Gasteiger partial charge in [0.15, 0.2) is 0 Å². The van der Waals surface area contributed by atoms with Crippen molar-refractivity contribution in [2.45, 2.75) is 0 Å². The number of nitro groups is 1. The van der Waals surface area contributed by atoms with Gasteiger partial charge in [-0.15, -0.1) is 0 Å². The fraction of sp³-hybridized carbons (Fsp3) is 0.200. The van der Waals surface area contributed by atoms with E-state index in [0.29, 0.717) is 0 Å². The summed E-state index contributed by atoms with van der Waals surface area (Å²) in [6.07, 6.45) is 1.51. The van der Waals surface area contributed by atoms with Gasteiger partial charge < -0.3 is 10.1 Å². The number of rotatable bonds is 1. The number of aromatic nitrogens is 1. The predicted octanol–water partition coefficient (Wildman–Crippen LogP) is 0.733. The van der Waals surface area contributed by atoms with Crippen LogP contribution in [0.2, 0.25) is 0 Å². The third kappa shape index (κ3) is 0.910. The molecule has 0 saturated heterocycles. The standard InChI is InChI=1S/C5H5N2O2/c1-6-4-2-3-5(6)7(8)9/h3-4H,1H3. The van der Waals surface area contributed by atoms with Crippen LogP contribution >= 0.6 is 0 Å². The summed E-state index contributed by atoms with van der Waals surface area (Å²) in [5.74, 6) is 0.0648. The second-order valence-corrected chi connectivity index (χ2v) is 1.67. The van der Waals surface area contributed by atoms with Gasteiger partial charge in [0, 0.05) is 12.1 Å². The van der Waals surface area contributed by atoms with E-state index in [4.69, 9.17) is 0 Å². The first kappa shape index (κ1) is 5.81. The Kier molecular flexibility index (Phi) is 1.22. The molecule has 0 unspecified atom stereocenters. The summed E-state index contributed by atoms with van der Waals surface area (Å²) in [5.41, 5.74) is 0. The van der Waals surface area contributed by atoms with Gasteiger partial charge in [0.25, 0.3) is 0 Å². The van der Waals surface area contributed by atoms with Gasteiger partial charge in [0.05, 0.1) is 13.2 Å². The lowest BCUT2D eigenvalue weighted by molar-refractivity contribution is -0.391. The highest BCUT2D eigenvalue weighted by Crippen LogP contribution is 2.07. The first-order valence-electron chi connectivity index (χ1n) is 2.38. The van der Waals surface area contributed by atoms with E-state index in [1.165, 1.54) is 16.8 Å². The van der Waals surface area contributed by atoms with E-state index in [9.17, 15) is 10.1 Å². The zero-order valence-electron chi connectivity index (χ0n) is 4.87. The van der Waals surface area contributed by atoms with Gasteiger partial charge in [0.1, 0.15) is 0 Å². The number of hydrogen-bond acceptors (Lipinski definition) is 2. The molecule has 4 heteroatoms. The fourth-order valence-electron chi connectivity index (χ4n) is 0.573. The lowest BCUT2D eigenvalue weighted by atomic mass is 10.6. The van der Waals surface area contributed by atoms with Crippen molar-refractivity contribution in [3.05, 3.63) is 28.4 Å². The van der Waals surface area contributed by atoms with Crippen LogP contribution in [0.1, 0.15) is 0 Å². The van der Waals surface area contributed by atoms with Crippen molar-refractivity contribution in [1.29, 1.82) is 0 Å². The zero-order chi connectivity index (χ0) is 6.85. The van der Waals surface area contributed by atoms with Crippen LogP contribution in [0.3, 0.4) is 0 Å². The highest BCUT2D eigenvalue weighted by atomic mass is 16.6. The largest absolute Gasteiger partial charge is 0.358 e. The Labute approximate surface area is 51.9 Å². The molecule has 9 heavy (non-hydrogen) atoms. The molecule has 0 bridgehead atoms. The van der Waals surface area contributed by atoms with Gasteiger partial charge in [0.2, 0.25) is 0 Å². The lowest BCUT2D eigenvalue weighted by Crippen LogP contribution is -1.94. The lowest BCUT2D eigenvalue weighted by Gasteiger charge is -1.91. The molecule has 1 radical (unpaired) electrons. The first-order chi connectivity index (χ1) is 4.22. The van der Waals surface area contributed by atoms with Crippen LogP contribution in [-0.2, 0) is 7.05 Å². The Morgan fingerprint density at radius 2 is 2.56 bits per heavy atom. The van der Waals surface area contributed by atoms with Crippen molar-refractivity contribution in [1.82, 2.24) is 4.57 Å². The first-order valence-corrected chi connectivity index (χ1v) is 2.38. The maximum absolute atomic E-state index is 10.0. The molecule has 1 heterocycles. The van der Waals surface area contributed by atoms with Crippen LogP contribution in [-0.4, -0.2) is 9.49 Å². The van der Waals surface area contributed by atoms with Gasteiger partial charge in [-0.25, -0.2) is 4.57 Å². The minimum atomic E-state index is -0.448. The Balaban J connectivity index is 3.08. The molecular formula is C5H5N2O2. The van der Waals surface area contributed by atoms with E-state index < -0.39 is 4.92 Å². The zero-order valence-corrected chi connectivity index (χ0v) is 4.87. The molecule has 0 aliphatic rings. The molecule has 0 N–H and O–H groups in total. The van der Waals surface area contributed by atoms with Crippen molar-refractivity contribution in [2.75, 3.05) is 0 Å². The van der Waals surface area contributed by atoms with E-state index in [1.54, 1.807) is 7.05 Å². The number of hydrogen-bond donors (Lipinski definition) is 0. The van der Waals surface area contributed by atoms with Crippen LogP contribution in [0.5, 0.6) is 0 Å². The van der Waals surface area contributed by atoms with Crippen molar-refractivity contribution in [3.8, 4) is 0 Å². The molecule has 0 saturated carbocycles. The highest BCUT2D eigenvalue weighted by molar-refractivity contribution is 5.19. The summed E-state index contributed by atoms with van der Waals surface area (Å²) in [6.45, 7) is 0. The van der Waals surface area contributed by atoms with Crippen LogP contribution in [0.4, 0.5) is 5.82 Å². The monoisotopic (exact) mass is 125 g/mol. The summed E-state index contributed by atoms with van der Waals surface area (Å²) < 4.78 is 1.40. The van der Waals surface area contributed by atoms with Gasteiger partial charge in [-0.1, -0.05) is 0 Å². The van der Waals surface area contributed by atoms with E-state index in [-0.39, 0.29) is 5.82 Å². The molecule has 0 aromatic carbocycles. The molecule has 0 amide bonds. The molecule has 0 fully saturated rings.